The van der Waals surface area contributed by atoms with Gasteiger partial charge in [-0.1, -0.05) is 18.2 Å². The molecule has 1 aromatic carbocycles. The highest BCUT2D eigenvalue weighted by Gasteiger charge is 2.28. The summed E-state index contributed by atoms with van der Waals surface area (Å²) in [7, 11) is -3.58. The number of aryl methyl sites for hydroxylation is 1. The first-order chi connectivity index (χ1) is 12.0. The number of morpholine rings is 1. The Kier molecular flexibility index (Phi) is 5.56. The second-order valence-electron chi connectivity index (χ2n) is 6.51. The summed E-state index contributed by atoms with van der Waals surface area (Å²) in [6.45, 7) is 3.29. The molecule has 1 amide bonds. The standard InChI is InChI=1S/C18H24N2O4S/c1-14-6-7-16(19-18(21)12-15-4-2-3-5-15)13-17(14)25(22,23)20-8-10-24-11-9-20/h2,4,6-7,13,15H,3,5,8-12H2,1H3,(H,19,21)/t15-/m0/s1. The largest absolute Gasteiger partial charge is 0.379 e. The van der Waals surface area contributed by atoms with Crippen molar-refractivity contribution < 1.29 is 17.9 Å². The lowest BCUT2D eigenvalue weighted by atomic mass is 10.1. The third-order valence-electron chi connectivity index (χ3n) is 4.62. The Bertz CT molecular complexity index is 767. The number of nitrogens with one attached hydrogen (secondary N) is 1. The number of nitrogens with zero attached hydrogens (tertiary/aromatic N) is 1. The summed E-state index contributed by atoms with van der Waals surface area (Å²) < 4.78 is 32.4. The highest BCUT2D eigenvalue weighted by Crippen LogP contribution is 2.25. The van der Waals surface area contributed by atoms with Crippen LogP contribution in [0.15, 0.2) is 35.2 Å². The lowest BCUT2D eigenvalue weighted by Gasteiger charge is -2.26. The summed E-state index contributed by atoms with van der Waals surface area (Å²) in [5, 5.41) is 2.83. The van der Waals surface area contributed by atoms with Crippen molar-refractivity contribution in [2.75, 3.05) is 31.6 Å². The molecule has 136 valence electrons. The minimum Gasteiger partial charge on any atom is -0.379 e. The monoisotopic (exact) mass is 364 g/mol. The smallest absolute Gasteiger partial charge is 0.243 e. The number of hydrogen-bond acceptors (Lipinski definition) is 4. The number of anilines is 1. The molecule has 2 aliphatic rings. The Morgan fingerprint density at radius 2 is 2.08 bits per heavy atom. The first-order valence-corrected chi connectivity index (χ1v) is 10.1. The van der Waals surface area contributed by atoms with E-state index in [4.69, 9.17) is 4.74 Å². The number of amides is 1. The van der Waals surface area contributed by atoms with Crippen molar-refractivity contribution in [1.29, 1.82) is 0 Å². The summed E-state index contributed by atoms with van der Waals surface area (Å²) >= 11 is 0. The van der Waals surface area contributed by atoms with Gasteiger partial charge >= 0.3 is 0 Å². The Morgan fingerprint density at radius 1 is 1.32 bits per heavy atom. The van der Waals surface area contributed by atoms with Gasteiger partial charge in [0, 0.05) is 25.2 Å². The second-order valence-corrected chi connectivity index (χ2v) is 8.42. The van der Waals surface area contributed by atoms with Gasteiger partial charge in [0.25, 0.3) is 0 Å². The van der Waals surface area contributed by atoms with Gasteiger partial charge in [0.1, 0.15) is 0 Å². The van der Waals surface area contributed by atoms with Crippen molar-refractivity contribution in [2.45, 2.75) is 31.1 Å². The highest BCUT2D eigenvalue weighted by molar-refractivity contribution is 7.89. The van der Waals surface area contributed by atoms with Crippen LogP contribution in [-0.4, -0.2) is 44.9 Å². The maximum Gasteiger partial charge on any atom is 0.243 e. The average molecular weight is 364 g/mol. The SMILES string of the molecule is Cc1ccc(NC(=O)C[C@H]2C=CCC2)cc1S(=O)(=O)N1CCOCC1. The van der Waals surface area contributed by atoms with Crippen LogP contribution in [0.2, 0.25) is 0 Å². The van der Waals surface area contributed by atoms with Gasteiger partial charge in [-0.3, -0.25) is 4.79 Å². The number of sulfonamides is 1. The molecule has 1 saturated heterocycles. The molecule has 1 heterocycles. The third-order valence-corrected chi connectivity index (χ3v) is 6.66. The van der Waals surface area contributed by atoms with Crippen LogP contribution in [-0.2, 0) is 19.6 Å². The molecule has 7 heteroatoms. The minimum atomic E-state index is -3.58. The fourth-order valence-electron chi connectivity index (χ4n) is 3.20. The number of benzene rings is 1. The van der Waals surface area contributed by atoms with Crippen molar-refractivity contribution in [3.05, 3.63) is 35.9 Å². The van der Waals surface area contributed by atoms with Gasteiger partial charge in [-0.25, -0.2) is 8.42 Å². The third kappa shape index (κ3) is 4.29. The quantitative estimate of drug-likeness (QED) is 0.814. The maximum absolute atomic E-state index is 12.9. The summed E-state index contributed by atoms with van der Waals surface area (Å²) in [5.74, 6) is 0.192. The summed E-state index contributed by atoms with van der Waals surface area (Å²) in [5.41, 5.74) is 1.19. The maximum atomic E-state index is 12.9. The van der Waals surface area contributed by atoms with Crippen molar-refractivity contribution in [3.8, 4) is 0 Å². The molecule has 1 N–H and O–H groups in total. The number of allylic oxidation sites excluding steroid dienone is 2. The van der Waals surface area contributed by atoms with E-state index in [-0.39, 0.29) is 16.7 Å². The molecular weight excluding hydrogens is 340 g/mol. The second kappa shape index (κ2) is 7.68. The van der Waals surface area contributed by atoms with Crippen molar-refractivity contribution in [3.63, 3.8) is 0 Å². The van der Waals surface area contributed by atoms with Crippen LogP contribution in [0.1, 0.15) is 24.8 Å². The van der Waals surface area contributed by atoms with Gasteiger partial charge in [0.2, 0.25) is 15.9 Å². The number of rotatable bonds is 5. The van der Waals surface area contributed by atoms with Crippen molar-refractivity contribution >= 4 is 21.6 Å². The fourth-order valence-corrected chi connectivity index (χ4v) is 4.86. The minimum absolute atomic E-state index is 0.0878. The molecule has 0 radical (unpaired) electrons. The molecular formula is C18H24N2O4S. The molecule has 0 aromatic heterocycles. The zero-order chi connectivity index (χ0) is 17.9. The van der Waals surface area contributed by atoms with E-state index in [1.165, 1.54) is 4.31 Å². The zero-order valence-electron chi connectivity index (χ0n) is 14.4. The summed E-state index contributed by atoms with van der Waals surface area (Å²) in [6.07, 6.45) is 6.61. The van der Waals surface area contributed by atoms with Gasteiger partial charge in [-0.15, -0.1) is 0 Å². The van der Waals surface area contributed by atoms with Crippen LogP contribution in [0, 0.1) is 12.8 Å². The van der Waals surface area contributed by atoms with E-state index >= 15 is 0 Å². The molecule has 6 nitrogen and oxygen atoms in total. The van der Waals surface area contributed by atoms with Crippen LogP contribution in [0.5, 0.6) is 0 Å². The molecule has 1 atom stereocenters. The number of hydrogen-bond donors (Lipinski definition) is 1. The molecule has 0 unspecified atom stereocenters. The average Bonchev–Trinajstić information content (AvgIpc) is 3.10. The molecule has 1 aliphatic carbocycles. The molecule has 25 heavy (non-hydrogen) atoms. The summed E-state index contributed by atoms with van der Waals surface area (Å²) in [4.78, 5) is 12.4. The van der Waals surface area contributed by atoms with E-state index < -0.39 is 10.0 Å². The lowest BCUT2D eigenvalue weighted by molar-refractivity contribution is -0.116. The van der Waals surface area contributed by atoms with Gasteiger partial charge in [0.05, 0.1) is 18.1 Å². The van der Waals surface area contributed by atoms with Crippen molar-refractivity contribution in [2.24, 2.45) is 5.92 Å². The first-order valence-electron chi connectivity index (χ1n) is 8.62. The topological polar surface area (TPSA) is 75.7 Å². The van der Waals surface area contributed by atoms with E-state index in [2.05, 4.69) is 17.5 Å². The predicted octanol–water partition coefficient (Wildman–Crippen LogP) is 2.31. The van der Waals surface area contributed by atoms with Gasteiger partial charge in [-0.2, -0.15) is 4.31 Å². The highest BCUT2D eigenvalue weighted by atomic mass is 32.2. The fraction of sp³-hybridized carbons (Fsp3) is 0.500. The van der Waals surface area contributed by atoms with E-state index in [0.29, 0.717) is 44.0 Å². The molecule has 1 aromatic rings. The Morgan fingerprint density at radius 3 is 2.76 bits per heavy atom. The number of carbonyl (C=O) groups is 1. The van der Waals surface area contributed by atoms with Gasteiger partial charge in [-0.05, 0) is 43.4 Å². The molecule has 1 aliphatic heterocycles. The molecule has 1 fully saturated rings. The normalized spacial score (nSPS) is 21.4. The van der Waals surface area contributed by atoms with Crippen LogP contribution in [0.4, 0.5) is 5.69 Å². The molecule has 0 bridgehead atoms. The zero-order valence-corrected chi connectivity index (χ0v) is 15.2. The van der Waals surface area contributed by atoms with E-state index in [0.717, 1.165) is 12.8 Å². The van der Waals surface area contributed by atoms with Crippen LogP contribution < -0.4 is 5.32 Å². The summed E-state index contributed by atoms with van der Waals surface area (Å²) in [6, 6.07) is 5.04. The Balaban J connectivity index is 1.75. The van der Waals surface area contributed by atoms with Crippen LogP contribution in [0.25, 0.3) is 0 Å². The predicted molar refractivity (Wildman–Crippen MR) is 95.9 cm³/mol. The van der Waals surface area contributed by atoms with E-state index in [9.17, 15) is 13.2 Å². The molecule has 3 rings (SSSR count). The van der Waals surface area contributed by atoms with Gasteiger partial charge in [0.15, 0.2) is 0 Å². The van der Waals surface area contributed by atoms with Crippen molar-refractivity contribution in [1.82, 2.24) is 4.31 Å². The number of ether oxygens (including phenoxy) is 1. The molecule has 0 saturated carbocycles. The van der Waals surface area contributed by atoms with Crippen LogP contribution >= 0.6 is 0 Å². The van der Waals surface area contributed by atoms with E-state index in [1.807, 2.05) is 0 Å². The van der Waals surface area contributed by atoms with Crippen LogP contribution in [0.3, 0.4) is 0 Å². The Hall–Kier alpha value is -1.70. The Labute approximate surface area is 148 Å². The molecule has 0 spiro atoms. The van der Waals surface area contributed by atoms with Gasteiger partial charge < -0.3 is 10.1 Å². The lowest BCUT2D eigenvalue weighted by Crippen LogP contribution is -2.40. The first kappa shape index (κ1) is 18.1. The number of carbonyl (C=O) groups excluding carboxylic acids is 1. The van der Waals surface area contributed by atoms with E-state index in [1.54, 1.807) is 25.1 Å².